The topological polar surface area (TPSA) is 76.0 Å². The third kappa shape index (κ3) is 3.25. The summed E-state index contributed by atoms with van der Waals surface area (Å²) in [6.45, 7) is 3.14. The second-order valence-electron chi connectivity index (χ2n) is 3.69. The highest BCUT2D eigenvalue weighted by Crippen LogP contribution is 2.31. The minimum absolute atomic E-state index is 0. The average Bonchev–Trinajstić information content (AvgIpc) is 2.38. The lowest BCUT2D eigenvalue weighted by atomic mass is 9.83. The zero-order valence-corrected chi connectivity index (χ0v) is 9.68. The largest absolute Gasteiger partial charge is 0.385 e. The van der Waals surface area contributed by atoms with E-state index in [1.807, 2.05) is 0 Å². The van der Waals surface area contributed by atoms with Gasteiger partial charge in [-0.05, 0) is 13.8 Å². The first kappa shape index (κ1) is 16.0. The van der Waals surface area contributed by atoms with Crippen LogP contribution in [-0.4, -0.2) is 54.6 Å². The van der Waals surface area contributed by atoms with E-state index in [1.165, 1.54) is 6.92 Å². The Morgan fingerprint density at radius 3 is 2.56 bits per heavy atom. The molecule has 0 aromatic carbocycles. The maximum atomic E-state index is 11.1. The summed E-state index contributed by atoms with van der Waals surface area (Å²) in [5.74, 6) is 0. The van der Waals surface area contributed by atoms with Gasteiger partial charge >= 0.3 is 7.80 Å². The first-order valence-corrected chi connectivity index (χ1v) is 6.37. The Bertz CT molecular complexity index is 248. The Labute approximate surface area is 98.3 Å². The highest BCUT2D eigenvalue weighted by Gasteiger charge is 2.50. The molecule has 5 atom stereocenters. The van der Waals surface area contributed by atoms with Gasteiger partial charge in [0.1, 0.15) is 25.7 Å². The van der Waals surface area contributed by atoms with Gasteiger partial charge < -0.3 is 19.7 Å². The van der Waals surface area contributed by atoms with Crippen molar-refractivity contribution >= 4 is 15.6 Å². The normalized spacial score (nSPS) is 39.2. The summed E-state index contributed by atoms with van der Waals surface area (Å²) in [5.41, 5.74) is -1.54. The molecule has 92 valence electrons. The Balaban J connectivity index is 0.00000225. The van der Waals surface area contributed by atoms with Crippen molar-refractivity contribution in [3.8, 4) is 0 Å². The van der Waals surface area contributed by atoms with Crippen molar-refractivity contribution in [2.24, 2.45) is 0 Å². The van der Waals surface area contributed by atoms with E-state index in [1.54, 1.807) is 6.92 Å². The highest BCUT2D eigenvalue weighted by atomic mass is 31.1. The predicted molar refractivity (Wildman–Crippen MR) is 61.9 cm³/mol. The maximum absolute atomic E-state index is 11.1. The summed E-state index contributed by atoms with van der Waals surface area (Å²) < 4.78 is 21.2. The molecule has 16 heavy (non-hydrogen) atoms. The van der Waals surface area contributed by atoms with Crippen LogP contribution < -0.4 is 0 Å². The van der Waals surface area contributed by atoms with Crippen molar-refractivity contribution in [1.82, 2.24) is 0 Å². The molecule has 1 rings (SSSR count). The van der Waals surface area contributed by atoms with Crippen LogP contribution in [0.1, 0.15) is 21.3 Å². The smallest absolute Gasteiger partial charge is 0.366 e. The molecule has 0 bridgehead atoms. The molecule has 1 aliphatic rings. The van der Waals surface area contributed by atoms with Crippen molar-refractivity contribution in [3.05, 3.63) is 0 Å². The summed E-state index contributed by atoms with van der Waals surface area (Å²) in [6, 6.07) is -1.00. The Morgan fingerprint density at radius 2 is 2.19 bits per heavy atom. The molecular weight excluding hydrogens is 230 g/mol. The van der Waals surface area contributed by atoms with Crippen molar-refractivity contribution in [1.29, 1.82) is 0 Å². The summed E-state index contributed by atoms with van der Waals surface area (Å²) in [7, 11) is 4.00. The van der Waals surface area contributed by atoms with Crippen molar-refractivity contribution < 1.29 is 24.3 Å². The van der Waals surface area contributed by atoms with Crippen LogP contribution in [0, 0.1) is 0 Å². The van der Waals surface area contributed by atoms with Crippen LogP contribution in [0.5, 0.6) is 0 Å². The van der Waals surface area contributed by atoms with Crippen LogP contribution in [0.15, 0.2) is 0 Å². The first-order valence-electron chi connectivity index (χ1n) is 4.74. The molecule has 2 N–H and O–H groups in total. The molecule has 0 aromatic rings. The van der Waals surface area contributed by atoms with Crippen LogP contribution in [0.2, 0.25) is 0 Å². The number of aliphatic hydroxyl groups excluding tert-OH is 1. The standard InChI is InChI=1S/C8H15BO5P.CH4/c1-3-15(12)4-13-6-5(10)8(2,11)7(9)14-6;/h5-7,10-11H,3-4H2,1-2H3;1H4/q+1;. The van der Waals surface area contributed by atoms with Crippen molar-refractivity contribution in [3.63, 3.8) is 0 Å². The lowest BCUT2D eigenvalue weighted by molar-refractivity contribution is -0.148. The van der Waals surface area contributed by atoms with Gasteiger partial charge in [-0.15, -0.1) is 0 Å². The van der Waals surface area contributed by atoms with Gasteiger partial charge in [0, 0.05) is 0 Å². The fraction of sp³-hybridized carbons (Fsp3) is 1.00. The maximum Gasteiger partial charge on any atom is 0.366 e. The molecule has 0 aromatic heterocycles. The lowest BCUT2D eigenvalue weighted by Gasteiger charge is -2.23. The van der Waals surface area contributed by atoms with Gasteiger partial charge in [0.15, 0.2) is 6.29 Å². The van der Waals surface area contributed by atoms with Gasteiger partial charge in [-0.3, -0.25) is 0 Å². The van der Waals surface area contributed by atoms with Gasteiger partial charge in [-0.2, -0.15) is 0 Å². The van der Waals surface area contributed by atoms with E-state index in [0.29, 0.717) is 6.16 Å². The third-order valence-electron chi connectivity index (χ3n) is 2.45. The minimum Gasteiger partial charge on any atom is -0.385 e. The van der Waals surface area contributed by atoms with Crippen LogP contribution in [0.25, 0.3) is 0 Å². The monoisotopic (exact) mass is 249 g/mol. The van der Waals surface area contributed by atoms with E-state index in [-0.39, 0.29) is 13.8 Å². The van der Waals surface area contributed by atoms with E-state index in [2.05, 4.69) is 0 Å². The number of aliphatic hydroxyl groups is 2. The molecular formula is C9H19BO5P+. The molecule has 1 saturated heterocycles. The summed E-state index contributed by atoms with van der Waals surface area (Å²) in [5, 5.41) is 19.3. The molecule has 1 fully saturated rings. The molecule has 5 unspecified atom stereocenters. The molecule has 0 saturated carbocycles. The van der Waals surface area contributed by atoms with E-state index < -0.39 is 31.8 Å². The predicted octanol–water partition coefficient (Wildman–Crippen LogP) is 0.407. The van der Waals surface area contributed by atoms with Crippen LogP contribution in [-0.2, 0) is 14.0 Å². The number of rotatable bonds is 4. The second kappa shape index (κ2) is 6.08. The minimum atomic E-state index is -1.54. The molecule has 1 aliphatic heterocycles. The quantitative estimate of drug-likeness (QED) is 0.557. The SMILES string of the molecule is C.[B]C1OC(OC[P+](=O)CC)C(O)C1(C)O. The molecule has 0 spiro atoms. The Hall–Kier alpha value is 0.00494. The van der Waals surface area contributed by atoms with Crippen molar-refractivity contribution in [2.75, 3.05) is 12.5 Å². The fourth-order valence-electron chi connectivity index (χ4n) is 1.18. The van der Waals surface area contributed by atoms with Gasteiger partial charge in [-0.1, -0.05) is 12.0 Å². The Morgan fingerprint density at radius 1 is 1.62 bits per heavy atom. The molecule has 0 amide bonds. The van der Waals surface area contributed by atoms with E-state index in [9.17, 15) is 14.8 Å². The zero-order valence-electron chi connectivity index (χ0n) is 8.79. The Kier molecular flexibility index (Phi) is 6.08. The molecule has 0 aliphatic carbocycles. The first-order chi connectivity index (χ1) is 6.89. The third-order valence-corrected chi connectivity index (χ3v) is 3.59. The van der Waals surface area contributed by atoms with Crippen LogP contribution in [0.3, 0.4) is 0 Å². The fourth-order valence-corrected chi connectivity index (χ4v) is 1.67. The van der Waals surface area contributed by atoms with Crippen LogP contribution >= 0.6 is 7.80 Å². The molecule has 1 heterocycles. The van der Waals surface area contributed by atoms with Crippen molar-refractivity contribution in [2.45, 2.75) is 45.3 Å². The summed E-state index contributed by atoms with van der Waals surface area (Å²) in [4.78, 5) is 0. The van der Waals surface area contributed by atoms with E-state index >= 15 is 0 Å². The van der Waals surface area contributed by atoms with Gasteiger partial charge in [0.2, 0.25) is 6.35 Å². The number of ether oxygens (including phenoxy) is 2. The number of hydrogen-bond donors (Lipinski definition) is 2. The van der Waals surface area contributed by atoms with Crippen LogP contribution in [0.4, 0.5) is 0 Å². The summed E-state index contributed by atoms with van der Waals surface area (Å²) >= 11 is 0. The van der Waals surface area contributed by atoms with E-state index in [4.69, 9.17) is 17.3 Å². The van der Waals surface area contributed by atoms with Gasteiger partial charge in [0.05, 0.1) is 6.00 Å². The zero-order chi connectivity index (χ0) is 11.6. The summed E-state index contributed by atoms with van der Waals surface area (Å²) in [6.07, 6.45) is -1.75. The number of hydrogen-bond acceptors (Lipinski definition) is 5. The highest BCUT2D eigenvalue weighted by molar-refractivity contribution is 7.44. The van der Waals surface area contributed by atoms with Gasteiger partial charge in [0.25, 0.3) is 0 Å². The molecule has 5 nitrogen and oxygen atoms in total. The molecule has 2 radical (unpaired) electrons. The average molecular weight is 249 g/mol. The van der Waals surface area contributed by atoms with E-state index in [0.717, 1.165) is 0 Å². The second-order valence-corrected chi connectivity index (χ2v) is 5.54. The molecule has 7 heteroatoms. The lowest BCUT2D eigenvalue weighted by Crippen LogP contribution is -2.45. The van der Waals surface area contributed by atoms with Gasteiger partial charge in [-0.25, -0.2) is 0 Å².